The highest BCUT2D eigenvalue weighted by Crippen LogP contribution is 2.41. The predicted octanol–water partition coefficient (Wildman–Crippen LogP) is 2.47. The van der Waals surface area contributed by atoms with Gasteiger partial charge in [-0.05, 0) is 25.1 Å². The van der Waals surface area contributed by atoms with Crippen molar-refractivity contribution in [3.63, 3.8) is 0 Å². The van der Waals surface area contributed by atoms with Crippen molar-refractivity contribution in [1.29, 1.82) is 0 Å². The van der Waals surface area contributed by atoms with E-state index in [1.165, 1.54) is 23.9 Å². The zero-order valence-electron chi connectivity index (χ0n) is 13.8. The van der Waals surface area contributed by atoms with Crippen LogP contribution < -0.4 is 9.57 Å². The lowest BCUT2D eigenvalue weighted by Crippen LogP contribution is -2.44. The molecule has 8 heteroatoms. The Bertz CT molecular complexity index is 882. The summed E-state index contributed by atoms with van der Waals surface area (Å²) in [6.07, 6.45) is 0. The first-order valence-electron chi connectivity index (χ1n) is 7.58. The summed E-state index contributed by atoms with van der Waals surface area (Å²) in [6, 6.07) is 13.7. The third-order valence-electron chi connectivity index (χ3n) is 3.82. The van der Waals surface area contributed by atoms with E-state index in [2.05, 4.69) is 4.83 Å². The van der Waals surface area contributed by atoms with E-state index < -0.39 is 15.4 Å². The number of carbonyl (C=O) groups excluding carboxylic acids is 1. The number of sulfonamides is 1. The fourth-order valence-electron chi connectivity index (χ4n) is 2.52. The number of ether oxygens (including phenoxy) is 1. The van der Waals surface area contributed by atoms with Crippen molar-refractivity contribution in [2.45, 2.75) is 17.2 Å². The van der Waals surface area contributed by atoms with Crippen LogP contribution >= 0.6 is 11.8 Å². The molecule has 132 valence electrons. The fourth-order valence-corrected chi connectivity index (χ4v) is 4.79. The lowest BCUT2D eigenvalue weighted by Gasteiger charge is -2.25. The molecule has 1 saturated heterocycles. The second kappa shape index (κ2) is 7.07. The number of methoxy groups -OCH3 is 1. The molecule has 25 heavy (non-hydrogen) atoms. The largest absolute Gasteiger partial charge is 0.496 e. The summed E-state index contributed by atoms with van der Waals surface area (Å²) in [4.78, 5) is 14.8. The molecule has 1 atom stereocenters. The maximum Gasteiger partial charge on any atom is 0.257 e. The van der Waals surface area contributed by atoms with Crippen LogP contribution in [0.5, 0.6) is 5.75 Å². The number of thioether (sulfide) groups is 1. The minimum absolute atomic E-state index is 0.113. The number of nitrogens with one attached hydrogen (secondary N) is 1. The number of hydrazine groups is 1. The molecule has 1 aliphatic rings. The number of benzene rings is 2. The second-order valence-electron chi connectivity index (χ2n) is 5.58. The van der Waals surface area contributed by atoms with Gasteiger partial charge < -0.3 is 4.74 Å². The monoisotopic (exact) mass is 378 g/mol. The zero-order valence-corrected chi connectivity index (χ0v) is 15.4. The van der Waals surface area contributed by atoms with Gasteiger partial charge in [-0.1, -0.05) is 35.9 Å². The number of rotatable bonds is 5. The van der Waals surface area contributed by atoms with Gasteiger partial charge in [-0.2, -0.15) is 0 Å². The first-order valence-corrected chi connectivity index (χ1v) is 10.1. The molecule has 1 N–H and O–H groups in total. The topological polar surface area (TPSA) is 75.7 Å². The van der Waals surface area contributed by atoms with Crippen molar-refractivity contribution in [3.05, 3.63) is 59.7 Å². The molecule has 3 rings (SSSR count). The number of hydrogen-bond donors (Lipinski definition) is 1. The first kappa shape index (κ1) is 17.8. The Kier molecular flexibility index (Phi) is 5.03. The molecule has 1 unspecified atom stereocenters. The van der Waals surface area contributed by atoms with Crippen molar-refractivity contribution >= 4 is 27.7 Å². The van der Waals surface area contributed by atoms with Crippen LogP contribution in [-0.4, -0.2) is 32.2 Å². The van der Waals surface area contributed by atoms with Gasteiger partial charge in [-0.25, -0.2) is 13.4 Å². The first-order chi connectivity index (χ1) is 11.9. The van der Waals surface area contributed by atoms with Crippen LogP contribution in [0.2, 0.25) is 0 Å². The number of hydrogen-bond acceptors (Lipinski definition) is 5. The second-order valence-corrected chi connectivity index (χ2v) is 8.31. The molecule has 1 fully saturated rings. The average Bonchev–Trinajstić information content (AvgIpc) is 2.95. The Labute approximate surface area is 151 Å². The van der Waals surface area contributed by atoms with E-state index in [1.807, 2.05) is 25.1 Å². The highest BCUT2D eigenvalue weighted by atomic mass is 32.2. The van der Waals surface area contributed by atoms with Gasteiger partial charge in [0.1, 0.15) is 11.1 Å². The quantitative estimate of drug-likeness (QED) is 0.865. The molecular formula is C17H18N2O4S2. The Morgan fingerprint density at radius 1 is 1.16 bits per heavy atom. The van der Waals surface area contributed by atoms with Gasteiger partial charge in [0.05, 0.1) is 17.8 Å². The number of para-hydroxylation sites is 1. The van der Waals surface area contributed by atoms with Crippen molar-refractivity contribution in [2.75, 3.05) is 12.9 Å². The number of aryl methyl sites for hydroxylation is 1. The van der Waals surface area contributed by atoms with Gasteiger partial charge in [0.15, 0.2) is 0 Å². The molecule has 0 spiro atoms. The normalized spacial score (nSPS) is 17.8. The van der Waals surface area contributed by atoms with Crippen molar-refractivity contribution in [3.8, 4) is 5.75 Å². The Balaban J connectivity index is 1.91. The summed E-state index contributed by atoms with van der Waals surface area (Å²) in [5.74, 6) is 0.505. The summed E-state index contributed by atoms with van der Waals surface area (Å²) in [6.45, 7) is 1.88. The van der Waals surface area contributed by atoms with Gasteiger partial charge in [0.2, 0.25) is 5.91 Å². The zero-order chi connectivity index (χ0) is 18.0. The van der Waals surface area contributed by atoms with E-state index in [9.17, 15) is 13.2 Å². The van der Waals surface area contributed by atoms with Crippen molar-refractivity contribution < 1.29 is 17.9 Å². The fraction of sp³-hybridized carbons (Fsp3) is 0.235. The average molecular weight is 378 g/mol. The third-order valence-corrected chi connectivity index (χ3v) is 6.35. The molecule has 0 aromatic heterocycles. The van der Waals surface area contributed by atoms with Gasteiger partial charge >= 0.3 is 0 Å². The van der Waals surface area contributed by atoms with Crippen molar-refractivity contribution in [2.24, 2.45) is 0 Å². The molecule has 0 saturated carbocycles. The number of carbonyl (C=O) groups is 1. The van der Waals surface area contributed by atoms with Gasteiger partial charge in [0.25, 0.3) is 10.0 Å². The molecule has 1 aliphatic heterocycles. The summed E-state index contributed by atoms with van der Waals surface area (Å²) in [5, 5.41) is 0.682. The van der Waals surface area contributed by atoms with E-state index >= 15 is 0 Å². The van der Waals surface area contributed by atoms with Crippen LogP contribution in [0.25, 0.3) is 0 Å². The SMILES string of the molecule is COc1ccccc1C1SCC(=O)N1NS(=O)(=O)c1ccc(C)cc1. The number of amides is 1. The third kappa shape index (κ3) is 3.65. The van der Waals surface area contributed by atoms with Crippen LogP contribution in [0.4, 0.5) is 0 Å². The molecule has 0 aliphatic carbocycles. The molecule has 0 bridgehead atoms. The smallest absolute Gasteiger partial charge is 0.257 e. The van der Waals surface area contributed by atoms with Crippen LogP contribution in [0.1, 0.15) is 16.5 Å². The number of nitrogens with zero attached hydrogens (tertiary/aromatic N) is 1. The maximum atomic E-state index is 12.6. The molecular weight excluding hydrogens is 360 g/mol. The summed E-state index contributed by atoms with van der Waals surface area (Å²) in [5.41, 5.74) is 1.70. The standard InChI is InChI=1S/C17H18N2O4S2/c1-12-7-9-13(10-8-12)25(21,22)18-19-16(20)11-24-17(19)14-5-3-4-6-15(14)23-2/h3-10,17-18H,11H2,1-2H3. The maximum absolute atomic E-state index is 12.6. The predicted molar refractivity (Wildman–Crippen MR) is 96.5 cm³/mol. The van der Waals surface area contributed by atoms with E-state index in [0.29, 0.717) is 5.75 Å². The van der Waals surface area contributed by atoms with E-state index in [-0.39, 0.29) is 16.6 Å². The lowest BCUT2D eigenvalue weighted by molar-refractivity contribution is -0.129. The Morgan fingerprint density at radius 3 is 2.52 bits per heavy atom. The van der Waals surface area contributed by atoms with Crippen molar-refractivity contribution in [1.82, 2.24) is 9.84 Å². The van der Waals surface area contributed by atoms with Gasteiger partial charge in [-0.3, -0.25) is 4.79 Å². The van der Waals surface area contributed by atoms with Crippen LogP contribution in [-0.2, 0) is 14.8 Å². The minimum atomic E-state index is -3.85. The van der Waals surface area contributed by atoms with E-state index in [4.69, 9.17) is 4.74 Å². The molecule has 2 aromatic carbocycles. The Hall–Kier alpha value is -2.03. The highest BCUT2D eigenvalue weighted by Gasteiger charge is 2.37. The summed E-state index contributed by atoms with van der Waals surface area (Å²) in [7, 11) is -2.31. The highest BCUT2D eigenvalue weighted by molar-refractivity contribution is 8.00. The summed E-state index contributed by atoms with van der Waals surface area (Å²) >= 11 is 1.35. The van der Waals surface area contributed by atoms with Crippen LogP contribution in [0, 0.1) is 6.92 Å². The molecule has 0 radical (unpaired) electrons. The molecule has 1 heterocycles. The molecule has 6 nitrogen and oxygen atoms in total. The van der Waals surface area contributed by atoms with E-state index in [0.717, 1.165) is 16.1 Å². The molecule has 1 amide bonds. The van der Waals surface area contributed by atoms with Gasteiger partial charge in [-0.15, -0.1) is 16.6 Å². The van der Waals surface area contributed by atoms with Crippen LogP contribution in [0.15, 0.2) is 53.4 Å². The Morgan fingerprint density at radius 2 is 1.84 bits per heavy atom. The van der Waals surface area contributed by atoms with Gasteiger partial charge in [0, 0.05) is 5.56 Å². The van der Waals surface area contributed by atoms with Crippen LogP contribution in [0.3, 0.4) is 0 Å². The van der Waals surface area contributed by atoms with E-state index in [1.54, 1.807) is 25.3 Å². The minimum Gasteiger partial charge on any atom is -0.496 e. The molecule has 2 aromatic rings. The summed E-state index contributed by atoms with van der Waals surface area (Å²) < 4.78 is 30.6. The lowest BCUT2D eigenvalue weighted by atomic mass is 10.2.